The molecule has 1 aliphatic rings. The first-order chi connectivity index (χ1) is 11.8. The molecule has 25 heavy (non-hydrogen) atoms. The molecule has 2 aromatic rings. The van der Waals surface area contributed by atoms with Crippen molar-refractivity contribution in [3.8, 4) is 0 Å². The Kier molecular flexibility index (Phi) is 4.00. The van der Waals surface area contributed by atoms with Crippen molar-refractivity contribution in [3.63, 3.8) is 0 Å². The maximum atomic E-state index is 12.4. The second kappa shape index (κ2) is 6.01. The normalized spacial score (nSPS) is 13.6. The molecule has 0 unspecified atom stereocenters. The minimum Gasteiger partial charge on any atom is -0.444 e. The molecular formula is C18H17N3O4. The minimum absolute atomic E-state index is 0.259. The van der Waals surface area contributed by atoms with Crippen molar-refractivity contribution in [2.75, 3.05) is 10.2 Å². The van der Waals surface area contributed by atoms with Crippen molar-refractivity contribution in [1.82, 2.24) is 4.98 Å². The quantitative estimate of drug-likeness (QED) is 0.849. The summed E-state index contributed by atoms with van der Waals surface area (Å²) >= 11 is 0. The van der Waals surface area contributed by atoms with Gasteiger partial charge in [-0.1, -0.05) is 12.1 Å². The number of carbonyl (C=O) groups is 3. The van der Waals surface area contributed by atoms with E-state index in [9.17, 15) is 14.4 Å². The van der Waals surface area contributed by atoms with E-state index >= 15 is 0 Å². The summed E-state index contributed by atoms with van der Waals surface area (Å²) in [6.45, 7) is 5.27. The Morgan fingerprint density at radius 3 is 2.12 bits per heavy atom. The van der Waals surface area contributed by atoms with E-state index in [1.165, 1.54) is 12.3 Å². The number of pyridine rings is 1. The van der Waals surface area contributed by atoms with Crippen LogP contribution in [0.2, 0.25) is 0 Å². The van der Waals surface area contributed by atoms with Crippen LogP contribution in [-0.4, -0.2) is 28.5 Å². The van der Waals surface area contributed by atoms with Crippen molar-refractivity contribution >= 4 is 29.4 Å². The lowest BCUT2D eigenvalue weighted by Crippen LogP contribution is -2.29. The number of hydrogen-bond donors (Lipinski definition) is 1. The number of amides is 3. The standard InChI is InChI=1S/C18H17N3O4/c1-18(2,3)25-17(24)20-14-9-8-11(10-19-14)21-15(22)12-6-4-5-7-13(12)16(21)23/h4-10H,1-3H3,(H,19,20,24). The molecular weight excluding hydrogens is 322 g/mol. The van der Waals surface area contributed by atoms with Gasteiger partial charge in [-0.15, -0.1) is 0 Å². The number of nitrogens with one attached hydrogen (secondary N) is 1. The van der Waals surface area contributed by atoms with Crippen LogP contribution in [0.4, 0.5) is 16.3 Å². The second-order valence-corrected chi connectivity index (χ2v) is 6.52. The predicted octanol–water partition coefficient (Wildman–Crippen LogP) is 3.23. The van der Waals surface area contributed by atoms with Gasteiger partial charge < -0.3 is 4.74 Å². The highest BCUT2D eigenvalue weighted by Gasteiger charge is 2.36. The number of benzene rings is 1. The van der Waals surface area contributed by atoms with Crippen molar-refractivity contribution in [1.29, 1.82) is 0 Å². The molecule has 0 spiro atoms. The summed E-state index contributed by atoms with van der Waals surface area (Å²) in [5.74, 6) is -0.528. The highest BCUT2D eigenvalue weighted by Crippen LogP contribution is 2.28. The van der Waals surface area contributed by atoms with Crippen molar-refractivity contribution < 1.29 is 19.1 Å². The Morgan fingerprint density at radius 2 is 1.64 bits per heavy atom. The first kappa shape index (κ1) is 16.6. The summed E-state index contributed by atoms with van der Waals surface area (Å²) in [6, 6.07) is 9.69. The van der Waals surface area contributed by atoms with E-state index in [2.05, 4.69) is 10.3 Å². The van der Waals surface area contributed by atoms with E-state index in [1.54, 1.807) is 51.1 Å². The number of ether oxygens (including phenoxy) is 1. The Morgan fingerprint density at radius 1 is 1.04 bits per heavy atom. The number of imide groups is 1. The lowest BCUT2D eigenvalue weighted by Gasteiger charge is -2.19. The first-order valence-corrected chi connectivity index (χ1v) is 7.70. The van der Waals surface area contributed by atoms with Crippen LogP contribution >= 0.6 is 0 Å². The lowest BCUT2D eigenvalue weighted by atomic mass is 10.1. The molecule has 2 heterocycles. The highest BCUT2D eigenvalue weighted by molar-refractivity contribution is 6.34. The molecule has 0 radical (unpaired) electrons. The molecule has 1 aliphatic heterocycles. The maximum Gasteiger partial charge on any atom is 0.413 e. The van der Waals surface area contributed by atoms with Crippen LogP contribution in [0.5, 0.6) is 0 Å². The molecule has 7 heteroatoms. The van der Waals surface area contributed by atoms with Crippen LogP contribution in [0.15, 0.2) is 42.6 Å². The number of rotatable bonds is 2. The molecule has 0 saturated carbocycles. The van der Waals surface area contributed by atoms with Gasteiger partial charge in [-0.2, -0.15) is 0 Å². The number of carbonyl (C=O) groups excluding carboxylic acids is 3. The van der Waals surface area contributed by atoms with Gasteiger partial charge >= 0.3 is 6.09 Å². The summed E-state index contributed by atoms with van der Waals surface area (Å²) in [6.07, 6.45) is 0.725. The van der Waals surface area contributed by atoms with E-state index in [0.717, 1.165) is 4.90 Å². The Hall–Kier alpha value is -3.22. The monoisotopic (exact) mass is 339 g/mol. The van der Waals surface area contributed by atoms with Gasteiger partial charge in [-0.05, 0) is 45.0 Å². The average molecular weight is 339 g/mol. The number of hydrogen-bond acceptors (Lipinski definition) is 5. The molecule has 0 saturated heterocycles. The largest absolute Gasteiger partial charge is 0.444 e. The van der Waals surface area contributed by atoms with Crippen molar-refractivity contribution in [2.45, 2.75) is 26.4 Å². The molecule has 0 bridgehead atoms. The average Bonchev–Trinajstić information content (AvgIpc) is 2.79. The van der Waals surface area contributed by atoms with Crippen LogP contribution in [0.3, 0.4) is 0 Å². The molecule has 0 fully saturated rings. The highest BCUT2D eigenvalue weighted by atomic mass is 16.6. The Bertz CT molecular complexity index is 818. The van der Waals surface area contributed by atoms with E-state index in [-0.39, 0.29) is 5.82 Å². The molecule has 0 atom stereocenters. The number of aromatic nitrogens is 1. The topological polar surface area (TPSA) is 88.6 Å². The fraction of sp³-hybridized carbons (Fsp3) is 0.222. The summed E-state index contributed by atoms with van der Waals surface area (Å²) < 4.78 is 5.14. The second-order valence-electron chi connectivity index (χ2n) is 6.52. The Balaban J connectivity index is 1.77. The van der Waals surface area contributed by atoms with E-state index < -0.39 is 23.5 Å². The fourth-order valence-electron chi connectivity index (χ4n) is 2.42. The van der Waals surface area contributed by atoms with Gasteiger partial charge in [0.15, 0.2) is 0 Å². The smallest absolute Gasteiger partial charge is 0.413 e. The Labute approximate surface area is 144 Å². The van der Waals surface area contributed by atoms with E-state index in [1.807, 2.05) is 0 Å². The number of fused-ring (bicyclic) bond motifs is 1. The van der Waals surface area contributed by atoms with Crippen LogP contribution in [-0.2, 0) is 4.74 Å². The van der Waals surface area contributed by atoms with Crippen molar-refractivity contribution in [2.24, 2.45) is 0 Å². The first-order valence-electron chi connectivity index (χ1n) is 7.70. The zero-order valence-electron chi connectivity index (χ0n) is 14.1. The third-order valence-corrected chi connectivity index (χ3v) is 3.43. The summed E-state index contributed by atoms with van der Waals surface area (Å²) in [5, 5.41) is 2.50. The molecule has 7 nitrogen and oxygen atoms in total. The minimum atomic E-state index is -0.631. The summed E-state index contributed by atoms with van der Waals surface area (Å²) in [4.78, 5) is 41.7. The van der Waals surface area contributed by atoms with Gasteiger partial charge in [0.05, 0.1) is 23.0 Å². The third-order valence-electron chi connectivity index (χ3n) is 3.43. The molecule has 1 aromatic carbocycles. The van der Waals surface area contributed by atoms with E-state index in [4.69, 9.17) is 4.74 Å². The molecule has 1 aromatic heterocycles. The molecule has 128 valence electrons. The van der Waals surface area contributed by atoms with Gasteiger partial charge in [-0.3, -0.25) is 14.9 Å². The summed E-state index contributed by atoms with van der Waals surface area (Å²) in [5.41, 5.74) is 0.442. The van der Waals surface area contributed by atoms with Crippen molar-refractivity contribution in [3.05, 3.63) is 53.7 Å². The van der Waals surface area contributed by atoms with Gasteiger partial charge in [0, 0.05) is 0 Å². The van der Waals surface area contributed by atoms with Crippen LogP contribution < -0.4 is 10.2 Å². The molecule has 3 amide bonds. The molecule has 3 rings (SSSR count). The zero-order valence-corrected chi connectivity index (χ0v) is 14.1. The summed E-state index contributed by atoms with van der Waals surface area (Å²) in [7, 11) is 0. The van der Waals surface area contributed by atoms with Crippen LogP contribution in [0, 0.1) is 0 Å². The predicted molar refractivity (Wildman–Crippen MR) is 91.7 cm³/mol. The molecule has 0 aliphatic carbocycles. The van der Waals surface area contributed by atoms with Gasteiger partial charge in [0.2, 0.25) is 0 Å². The fourth-order valence-corrected chi connectivity index (χ4v) is 2.42. The van der Waals surface area contributed by atoms with Gasteiger partial charge in [0.25, 0.3) is 11.8 Å². The van der Waals surface area contributed by atoms with E-state index in [0.29, 0.717) is 16.8 Å². The van der Waals surface area contributed by atoms with Crippen LogP contribution in [0.1, 0.15) is 41.5 Å². The number of nitrogens with zero attached hydrogens (tertiary/aromatic N) is 2. The van der Waals surface area contributed by atoms with Crippen LogP contribution in [0.25, 0.3) is 0 Å². The zero-order chi connectivity index (χ0) is 18.2. The SMILES string of the molecule is CC(C)(C)OC(=O)Nc1ccc(N2C(=O)c3ccccc3C2=O)cn1. The molecule has 1 N–H and O–H groups in total. The third kappa shape index (κ3) is 3.35. The van der Waals surface area contributed by atoms with Gasteiger partial charge in [-0.25, -0.2) is 14.7 Å². The number of anilines is 2. The van der Waals surface area contributed by atoms with Gasteiger partial charge in [0.1, 0.15) is 11.4 Å². The lowest BCUT2D eigenvalue weighted by molar-refractivity contribution is 0.0634. The maximum absolute atomic E-state index is 12.4.